The largest absolute Gasteiger partial charge is 0.469 e. The van der Waals surface area contributed by atoms with Crippen LogP contribution in [0.4, 0.5) is 0 Å². The maximum Gasteiger partial charge on any atom is 0.306 e. The van der Waals surface area contributed by atoms with Gasteiger partial charge in [-0.2, -0.15) is 0 Å². The maximum atomic E-state index is 11.0. The molecule has 0 aliphatic rings. The first-order chi connectivity index (χ1) is 6.24. The Kier molecular flexibility index (Phi) is 3.50. The lowest BCUT2D eigenvalue weighted by molar-refractivity contribution is -0.140. The summed E-state index contributed by atoms with van der Waals surface area (Å²) in [5.74, 6) is 0.0741. The van der Waals surface area contributed by atoms with Crippen molar-refractivity contribution < 1.29 is 9.53 Å². The molecule has 70 valence electrons. The van der Waals surface area contributed by atoms with Crippen molar-refractivity contribution in [1.29, 1.82) is 0 Å². The third kappa shape index (κ3) is 2.90. The normalized spacial score (nSPS) is 12.2. The van der Waals surface area contributed by atoms with Gasteiger partial charge in [-0.15, -0.1) is 0 Å². The number of hydrogen-bond donors (Lipinski definition) is 0. The van der Waals surface area contributed by atoms with Gasteiger partial charge in [0.25, 0.3) is 0 Å². The summed E-state index contributed by atoms with van der Waals surface area (Å²) in [5.41, 5.74) is 1.17. The van der Waals surface area contributed by atoms with E-state index in [4.69, 9.17) is 0 Å². The molecule has 0 amide bonds. The molecule has 1 atom stereocenters. The zero-order valence-corrected chi connectivity index (χ0v) is 7.99. The Morgan fingerprint density at radius 3 is 2.54 bits per heavy atom. The Bertz CT molecular complexity index is 267. The van der Waals surface area contributed by atoms with Gasteiger partial charge in [0.05, 0.1) is 13.5 Å². The predicted molar refractivity (Wildman–Crippen MR) is 51.5 cm³/mol. The number of ether oxygens (including phenoxy) is 1. The number of methoxy groups -OCH3 is 1. The van der Waals surface area contributed by atoms with Gasteiger partial charge in [0.15, 0.2) is 0 Å². The van der Waals surface area contributed by atoms with E-state index >= 15 is 0 Å². The Morgan fingerprint density at radius 2 is 2.00 bits per heavy atom. The molecule has 0 N–H and O–H groups in total. The van der Waals surface area contributed by atoms with E-state index in [0.29, 0.717) is 6.42 Å². The molecule has 0 heterocycles. The van der Waals surface area contributed by atoms with Gasteiger partial charge in [0.2, 0.25) is 0 Å². The van der Waals surface area contributed by atoms with Gasteiger partial charge in [-0.1, -0.05) is 37.3 Å². The Balaban J connectivity index is 2.59. The third-order valence-corrected chi connectivity index (χ3v) is 2.07. The summed E-state index contributed by atoms with van der Waals surface area (Å²) in [6.45, 7) is 2.02. The van der Waals surface area contributed by atoms with Gasteiger partial charge in [0.1, 0.15) is 0 Å². The van der Waals surface area contributed by atoms with Crippen LogP contribution in [0.2, 0.25) is 0 Å². The number of esters is 1. The van der Waals surface area contributed by atoms with Crippen molar-refractivity contribution in [3.8, 4) is 0 Å². The van der Waals surface area contributed by atoms with Gasteiger partial charge < -0.3 is 4.74 Å². The van der Waals surface area contributed by atoms with Crippen LogP contribution in [0.5, 0.6) is 0 Å². The fourth-order valence-corrected chi connectivity index (χ4v) is 1.23. The maximum absolute atomic E-state index is 11.0. The van der Waals surface area contributed by atoms with E-state index in [2.05, 4.69) is 4.74 Å². The number of hydrogen-bond acceptors (Lipinski definition) is 2. The van der Waals surface area contributed by atoms with Crippen molar-refractivity contribution in [1.82, 2.24) is 0 Å². The van der Waals surface area contributed by atoms with Gasteiger partial charge in [-0.05, 0) is 11.5 Å². The van der Waals surface area contributed by atoms with E-state index in [0.717, 1.165) is 0 Å². The Morgan fingerprint density at radius 1 is 1.38 bits per heavy atom. The smallest absolute Gasteiger partial charge is 0.306 e. The Labute approximate surface area is 78.5 Å². The van der Waals surface area contributed by atoms with Gasteiger partial charge in [-0.3, -0.25) is 4.79 Å². The molecule has 1 aromatic carbocycles. The highest BCUT2D eigenvalue weighted by molar-refractivity contribution is 5.70. The molecule has 0 radical (unpaired) electrons. The molecular weight excluding hydrogens is 164 g/mol. The van der Waals surface area contributed by atoms with Crippen molar-refractivity contribution >= 4 is 5.97 Å². The van der Waals surface area contributed by atoms with Gasteiger partial charge in [0, 0.05) is 0 Å². The predicted octanol–water partition coefficient (Wildman–Crippen LogP) is 2.35. The van der Waals surface area contributed by atoms with E-state index in [-0.39, 0.29) is 11.9 Å². The van der Waals surface area contributed by atoms with Crippen LogP contribution in [0.3, 0.4) is 0 Å². The van der Waals surface area contributed by atoms with E-state index in [1.807, 2.05) is 37.3 Å². The van der Waals surface area contributed by atoms with Crippen molar-refractivity contribution in [2.75, 3.05) is 7.11 Å². The molecule has 0 aromatic heterocycles. The fraction of sp³-hybridized carbons (Fsp3) is 0.364. The quantitative estimate of drug-likeness (QED) is 0.664. The van der Waals surface area contributed by atoms with Crippen LogP contribution in [0.15, 0.2) is 30.3 Å². The molecular formula is C11H14O2. The lowest BCUT2D eigenvalue weighted by Crippen LogP contribution is -2.05. The number of carbonyl (C=O) groups is 1. The molecule has 0 saturated heterocycles. The lowest BCUT2D eigenvalue weighted by Gasteiger charge is -2.09. The first-order valence-corrected chi connectivity index (χ1v) is 4.36. The van der Waals surface area contributed by atoms with E-state index < -0.39 is 0 Å². The third-order valence-electron chi connectivity index (χ3n) is 2.07. The standard InChI is InChI=1S/C11H14O2/c1-9(8-11(12)13-2)10-6-4-3-5-7-10/h3-7,9H,8H2,1-2H3/t9-/m1/s1. The molecule has 1 aromatic rings. The fourth-order valence-electron chi connectivity index (χ4n) is 1.23. The topological polar surface area (TPSA) is 26.3 Å². The molecule has 2 nitrogen and oxygen atoms in total. The van der Waals surface area contributed by atoms with E-state index in [1.165, 1.54) is 12.7 Å². The second-order valence-electron chi connectivity index (χ2n) is 3.09. The highest BCUT2D eigenvalue weighted by atomic mass is 16.5. The number of benzene rings is 1. The molecule has 0 spiro atoms. The van der Waals surface area contributed by atoms with Crippen molar-refractivity contribution in [2.45, 2.75) is 19.3 Å². The summed E-state index contributed by atoms with van der Waals surface area (Å²) in [6.07, 6.45) is 0.445. The van der Waals surface area contributed by atoms with E-state index in [1.54, 1.807) is 0 Å². The zero-order valence-electron chi connectivity index (χ0n) is 7.99. The summed E-state index contributed by atoms with van der Waals surface area (Å²) in [4.78, 5) is 11.0. The lowest BCUT2D eigenvalue weighted by atomic mass is 9.98. The van der Waals surface area contributed by atoms with Crippen molar-refractivity contribution in [3.63, 3.8) is 0 Å². The molecule has 0 fully saturated rings. The summed E-state index contributed by atoms with van der Waals surface area (Å²) < 4.78 is 4.60. The first-order valence-electron chi connectivity index (χ1n) is 4.36. The number of rotatable bonds is 3. The minimum Gasteiger partial charge on any atom is -0.469 e. The van der Waals surface area contributed by atoms with E-state index in [9.17, 15) is 4.79 Å². The van der Waals surface area contributed by atoms with Crippen LogP contribution >= 0.6 is 0 Å². The molecule has 1 rings (SSSR count). The molecule has 0 unspecified atom stereocenters. The highest BCUT2D eigenvalue weighted by Gasteiger charge is 2.10. The molecule has 0 bridgehead atoms. The van der Waals surface area contributed by atoms with Crippen LogP contribution in [-0.4, -0.2) is 13.1 Å². The summed E-state index contributed by atoms with van der Waals surface area (Å²) in [7, 11) is 1.42. The van der Waals surface area contributed by atoms with Crippen LogP contribution in [0.25, 0.3) is 0 Å². The average molecular weight is 178 g/mol. The van der Waals surface area contributed by atoms with Gasteiger partial charge in [-0.25, -0.2) is 0 Å². The zero-order chi connectivity index (χ0) is 9.68. The minimum absolute atomic E-state index is 0.156. The SMILES string of the molecule is COC(=O)C[C@@H](C)c1ccccc1. The summed E-state index contributed by atoms with van der Waals surface area (Å²) >= 11 is 0. The highest BCUT2D eigenvalue weighted by Crippen LogP contribution is 2.18. The second kappa shape index (κ2) is 4.65. The van der Waals surface area contributed by atoms with Crippen LogP contribution in [0, 0.1) is 0 Å². The second-order valence-corrected chi connectivity index (χ2v) is 3.09. The van der Waals surface area contributed by atoms with Gasteiger partial charge >= 0.3 is 5.97 Å². The monoisotopic (exact) mass is 178 g/mol. The molecule has 2 heteroatoms. The summed E-state index contributed by atoms with van der Waals surface area (Å²) in [5, 5.41) is 0. The molecule has 0 saturated carbocycles. The molecule has 13 heavy (non-hydrogen) atoms. The van der Waals surface area contributed by atoms with Crippen LogP contribution in [-0.2, 0) is 9.53 Å². The molecule has 0 aliphatic carbocycles. The molecule has 0 aliphatic heterocycles. The van der Waals surface area contributed by atoms with Crippen molar-refractivity contribution in [2.24, 2.45) is 0 Å². The first kappa shape index (κ1) is 9.78. The van der Waals surface area contributed by atoms with Crippen molar-refractivity contribution in [3.05, 3.63) is 35.9 Å². The Hall–Kier alpha value is -1.31. The van der Waals surface area contributed by atoms with Crippen LogP contribution < -0.4 is 0 Å². The number of carbonyl (C=O) groups excluding carboxylic acids is 1. The summed E-state index contributed by atoms with van der Waals surface area (Å²) in [6, 6.07) is 9.96. The van der Waals surface area contributed by atoms with Crippen LogP contribution in [0.1, 0.15) is 24.8 Å². The average Bonchev–Trinajstić information content (AvgIpc) is 2.19. The minimum atomic E-state index is -0.156.